The highest BCUT2D eigenvalue weighted by Gasteiger charge is 2.19. The first-order chi connectivity index (χ1) is 15.1. The third-order valence-electron chi connectivity index (χ3n) is 5.22. The summed E-state index contributed by atoms with van der Waals surface area (Å²) in [6.07, 6.45) is 2.35. The lowest BCUT2D eigenvalue weighted by atomic mass is 10.2. The zero-order valence-electron chi connectivity index (χ0n) is 17.5. The molecule has 31 heavy (non-hydrogen) atoms. The first-order valence-electron chi connectivity index (χ1n) is 10.6. The minimum Gasteiger partial charge on any atom is -0.494 e. The van der Waals surface area contributed by atoms with Gasteiger partial charge in [0.1, 0.15) is 5.75 Å². The number of ether oxygens (including phenoxy) is 1. The summed E-state index contributed by atoms with van der Waals surface area (Å²) in [5, 5.41) is 4.06. The second-order valence-electron chi connectivity index (χ2n) is 7.47. The molecule has 168 valence electrons. The molecule has 3 rings (SSSR count). The Kier molecular flexibility index (Phi) is 9.59. The molecule has 0 aromatic heterocycles. The highest BCUT2D eigenvalue weighted by Crippen LogP contribution is 2.32. The van der Waals surface area contributed by atoms with Crippen LogP contribution in [0, 0.1) is 0 Å². The summed E-state index contributed by atoms with van der Waals surface area (Å²) in [4.78, 5) is 16.4. The lowest BCUT2D eigenvalue weighted by molar-refractivity contribution is -0.115. The summed E-state index contributed by atoms with van der Waals surface area (Å²) < 4.78 is 5.85. The minimum atomic E-state index is -0.0927. The lowest BCUT2D eigenvalue weighted by Gasteiger charge is -2.36. The summed E-state index contributed by atoms with van der Waals surface area (Å²) in [6.45, 7) is 5.60. The number of halogens is 3. The van der Waals surface area contributed by atoms with Gasteiger partial charge in [-0.05, 0) is 43.7 Å². The van der Waals surface area contributed by atoms with Gasteiger partial charge in [0.25, 0.3) is 0 Å². The van der Waals surface area contributed by atoms with Gasteiger partial charge in [0.15, 0.2) is 0 Å². The molecule has 1 N–H and O–H groups in total. The summed E-state index contributed by atoms with van der Waals surface area (Å²) in [5.74, 6) is 0.978. The zero-order chi connectivity index (χ0) is 22.1. The Balaban J connectivity index is 1.33. The molecule has 8 heteroatoms. The van der Waals surface area contributed by atoms with Crippen molar-refractivity contribution in [3.8, 4) is 5.75 Å². The average molecular weight is 485 g/mol. The largest absolute Gasteiger partial charge is 0.494 e. The predicted molar refractivity (Wildman–Crippen MR) is 130 cm³/mol. The van der Waals surface area contributed by atoms with E-state index in [-0.39, 0.29) is 5.91 Å². The van der Waals surface area contributed by atoms with Crippen LogP contribution >= 0.6 is 34.8 Å². The summed E-state index contributed by atoms with van der Waals surface area (Å²) in [7, 11) is 0. The topological polar surface area (TPSA) is 44.8 Å². The summed E-state index contributed by atoms with van der Waals surface area (Å²) in [6, 6.07) is 13.2. The highest BCUT2D eigenvalue weighted by atomic mass is 35.5. The van der Waals surface area contributed by atoms with Gasteiger partial charge in [-0.3, -0.25) is 9.69 Å². The van der Waals surface area contributed by atoms with Crippen LogP contribution in [0.25, 0.3) is 0 Å². The first-order valence-corrected chi connectivity index (χ1v) is 11.9. The molecular weight excluding hydrogens is 457 g/mol. The zero-order valence-corrected chi connectivity index (χ0v) is 19.7. The monoisotopic (exact) mass is 483 g/mol. The molecule has 0 saturated carbocycles. The van der Waals surface area contributed by atoms with Crippen LogP contribution in [0.5, 0.6) is 5.75 Å². The van der Waals surface area contributed by atoms with Gasteiger partial charge < -0.3 is 15.0 Å². The van der Waals surface area contributed by atoms with E-state index in [9.17, 15) is 4.79 Å². The molecule has 1 saturated heterocycles. The van der Waals surface area contributed by atoms with E-state index in [1.54, 1.807) is 0 Å². The third kappa shape index (κ3) is 7.46. The smallest absolute Gasteiger partial charge is 0.225 e. The molecule has 0 radical (unpaired) electrons. The molecule has 0 bridgehead atoms. The molecule has 1 amide bonds. The number of piperazine rings is 1. The van der Waals surface area contributed by atoms with Crippen molar-refractivity contribution in [2.45, 2.75) is 19.3 Å². The number of alkyl halides is 1. The van der Waals surface area contributed by atoms with E-state index in [2.05, 4.69) is 15.1 Å². The molecule has 1 heterocycles. The van der Waals surface area contributed by atoms with Crippen molar-refractivity contribution in [2.75, 3.05) is 55.4 Å². The van der Waals surface area contributed by atoms with Crippen LogP contribution < -0.4 is 15.0 Å². The highest BCUT2D eigenvalue weighted by molar-refractivity contribution is 6.43. The molecule has 0 spiro atoms. The molecule has 1 aliphatic rings. The van der Waals surface area contributed by atoms with Crippen LogP contribution in [-0.4, -0.2) is 56.0 Å². The van der Waals surface area contributed by atoms with Crippen LogP contribution in [0.3, 0.4) is 0 Å². The molecule has 5 nitrogen and oxygen atoms in total. The number of unbranched alkanes of at least 4 members (excludes halogenated alkanes) is 1. The van der Waals surface area contributed by atoms with E-state index >= 15 is 0 Å². The molecular formula is C23H28Cl3N3O2. The Labute approximate surface area is 199 Å². The predicted octanol–water partition coefficient (Wildman–Crippen LogP) is 5.54. The van der Waals surface area contributed by atoms with E-state index in [1.165, 1.54) is 0 Å². The summed E-state index contributed by atoms with van der Waals surface area (Å²) >= 11 is 18.1. The second kappa shape index (κ2) is 12.4. The number of rotatable bonds is 10. The Hall–Kier alpha value is -1.66. The quantitative estimate of drug-likeness (QED) is 0.355. The first kappa shape index (κ1) is 24.0. The number of benzene rings is 2. The van der Waals surface area contributed by atoms with Crippen LogP contribution in [-0.2, 0) is 4.79 Å². The van der Waals surface area contributed by atoms with Gasteiger partial charge in [0, 0.05) is 50.2 Å². The van der Waals surface area contributed by atoms with Gasteiger partial charge in [-0.15, -0.1) is 11.6 Å². The lowest BCUT2D eigenvalue weighted by Crippen LogP contribution is -2.46. The molecule has 0 unspecified atom stereocenters. The fraction of sp³-hybridized carbons (Fsp3) is 0.435. The van der Waals surface area contributed by atoms with Crippen molar-refractivity contribution in [1.82, 2.24) is 4.90 Å². The van der Waals surface area contributed by atoms with Gasteiger partial charge in [0.05, 0.1) is 22.3 Å². The van der Waals surface area contributed by atoms with Crippen molar-refractivity contribution in [1.29, 1.82) is 0 Å². The number of hydrogen-bond donors (Lipinski definition) is 1. The standard InChI is InChI=1S/C23H28Cl3N3O2/c24-10-9-22(30)27-18-5-3-6-19(17-18)31-16-2-1-11-28-12-14-29(15-13-28)21-8-4-7-20(25)23(21)26/h3-8,17H,1-2,9-16H2,(H,27,30). The molecule has 1 aliphatic heterocycles. The fourth-order valence-electron chi connectivity index (χ4n) is 3.55. The van der Waals surface area contributed by atoms with Crippen molar-refractivity contribution in [3.05, 3.63) is 52.5 Å². The minimum absolute atomic E-state index is 0.0927. The van der Waals surface area contributed by atoms with Crippen molar-refractivity contribution < 1.29 is 9.53 Å². The van der Waals surface area contributed by atoms with E-state index < -0.39 is 0 Å². The summed E-state index contributed by atoms with van der Waals surface area (Å²) in [5.41, 5.74) is 1.74. The van der Waals surface area contributed by atoms with Crippen molar-refractivity contribution in [2.24, 2.45) is 0 Å². The Morgan fingerprint density at radius 3 is 2.58 bits per heavy atom. The molecule has 1 fully saturated rings. The van der Waals surface area contributed by atoms with E-state index in [0.717, 1.165) is 62.7 Å². The number of carbonyl (C=O) groups is 1. The molecule has 2 aromatic rings. The van der Waals surface area contributed by atoms with Crippen LogP contribution in [0.4, 0.5) is 11.4 Å². The number of anilines is 2. The molecule has 0 atom stereocenters. The third-order valence-corrected chi connectivity index (χ3v) is 6.22. The van der Waals surface area contributed by atoms with Crippen molar-refractivity contribution >= 4 is 52.1 Å². The van der Waals surface area contributed by atoms with Gasteiger partial charge in [-0.25, -0.2) is 0 Å². The fourth-order valence-corrected chi connectivity index (χ4v) is 4.14. The van der Waals surface area contributed by atoms with Gasteiger partial charge >= 0.3 is 0 Å². The normalized spacial score (nSPS) is 14.5. The molecule has 0 aliphatic carbocycles. The Morgan fingerprint density at radius 1 is 1.03 bits per heavy atom. The van der Waals surface area contributed by atoms with E-state index in [0.29, 0.717) is 29.0 Å². The Morgan fingerprint density at radius 2 is 1.81 bits per heavy atom. The van der Waals surface area contributed by atoms with Gasteiger partial charge in [0.2, 0.25) is 5.91 Å². The van der Waals surface area contributed by atoms with E-state index in [4.69, 9.17) is 39.5 Å². The van der Waals surface area contributed by atoms with Crippen LogP contribution in [0.1, 0.15) is 19.3 Å². The molecule has 2 aromatic carbocycles. The maximum atomic E-state index is 11.6. The second-order valence-corrected chi connectivity index (χ2v) is 8.64. The van der Waals surface area contributed by atoms with Gasteiger partial charge in [-0.1, -0.05) is 35.3 Å². The average Bonchev–Trinajstić information content (AvgIpc) is 2.76. The van der Waals surface area contributed by atoms with Crippen molar-refractivity contribution in [3.63, 3.8) is 0 Å². The number of nitrogens with one attached hydrogen (secondary N) is 1. The number of hydrogen-bond acceptors (Lipinski definition) is 4. The Bertz CT molecular complexity index is 858. The maximum absolute atomic E-state index is 11.6. The maximum Gasteiger partial charge on any atom is 0.225 e. The van der Waals surface area contributed by atoms with Crippen LogP contribution in [0.2, 0.25) is 10.0 Å². The number of nitrogens with zero attached hydrogens (tertiary/aromatic N) is 2. The van der Waals surface area contributed by atoms with E-state index in [1.807, 2.05) is 42.5 Å². The number of amides is 1. The SMILES string of the molecule is O=C(CCCl)Nc1cccc(OCCCCN2CCN(c3cccc(Cl)c3Cl)CC2)c1. The van der Waals surface area contributed by atoms with Gasteiger partial charge in [-0.2, -0.15) is 0 Å². The van der Waals surface area contributed by atoms with Crippen LogP contribution in [0.15, 0.2) is 42.5 Å². The number of carbonyl (C=O) groups excluding carboxylic acids is 1.